The fourth-order valence-electron chi connectivity index (χ4n) is 2.22. The number of carbonyl (C=O) groups excluding carboxylic acids is 1. The molecule has 1 N–H and O–H groups in total. The first-order valence-electron chi connectivity index (χ1n) is 7.77. The number of benzene rings is 1. The highest BCUT2D eigenvalue weighted by molar-refractivity contribution is 7.92. The normalized spacial score (nSPS) is 15.9. The molecule has 1 aliphatic carbocycles. The molecule has 1 aliphatic rings. The molecule has 128 valence electrons. The Labute approximate surface area is 140 Å². The van der Waals surface area contributed by atoms with E-state index in [-0.39, 0.29) is 17.8 Å². The Kier molecular flexibility index (Phi) is 4.40. The second kappa shape index (κ2) is 6.35. The number of aromatic nitrogens is 2. The standard InChI is InChI=1S/C16H19N3O4S/c1-10-4-3-5-12(8-10)16-18-14(19-23-16)9-24(21,22)11(2)15(20)17-13-6-7-13/h3-5,8,11,13H,6-7,9H2,1-2H3,(H,17,20)/t11-/m0/s1. The second-order valence-corrected chi connectivity index (χ2v) is 8.44. The van der Waals surface area contributed by atoms with Gasteiger partial charge in [-0.05, 0) is 38.8 Å². The number of sulfone groups is 1. The Hall–Kier alpha value is -2.22. The summed E-state index contributed by atoms with van der Waals surface area (Å²) < 4.78 is 29.9. The van der Waals surface area contributed by atoms with Crippen LogP contribution in [0, 0.1) is 6.92 Å². The number of carbonyl (C=O) groups is 1. The van der Waals surface area contributed by atoms with Crippen molar-refractivity contribution < 1.29 is 17.7 Å². The lowest BCUT2D eigenvalue weighted by molar-refractivity contribution is -0.120. The molecule has 1 heterocycles. The number of nitrogens with one attached hydrogen (secondary N) is 1. The molecule has 8 heteroatoms. The van der Waals surface area contributed by atoms with Crippen molar-refractivity contribution in [3.05, 3.63) is 35.7 Å². The first-order valence-corrected chi connectivity index (χ1v) is 9.48. The molecule has 24 heavy (non-hydrogen) atoms. The zero-order valence-electron chi connectivity index (χ0n) is 13.5. The largest absolute Gasteiger partial charge is 0.352 e. The molecule has 1 amide bonds. The van der Waals surface area contributed by atoms with Crippen molar-refractivity contribution in [2.75, 3.05) is 0 Å². The van der Waals surface area contributed by atoms with Crippen LogP contribution in [0.4, 0.5) is 0 Å². The minimum atomic E-state index is -3.70. The minimum absolute atomic E-state index is 0.0533. The molecule has 7 nitrogen and oxygen atoms in total. The Morgan fingerprint density at radius 2 is 2.17 bits per heavy atom. The topological polar surface area (TPSA) is 102 Å². The smallest absolute Gasteiger partial charge is 0.257 e. The first kappa shape index (κ1) is 16.6. The monoisotopic (exact) mass is 349 g/mol. The molecule has 1 aromatic carbocycles. The summed E-state index contributed by atoms with van der Waals surface area (Å²) in [6.07, 6.45) is 1.81. The van der Waals surface area contributed by atoms with Crippen LogP contribution >= 0.6 is 0 Å². The molecule has 3 rings (SSSR count). The minimum Gasteiger partial charge on any atom is -0.352 e. The molecule has 1 atom stereocenters. The average Bonchev–Trinajstić information content (AvgIpc) is 3.22. The van der Waals surface area contributed by atoms with Gasteiger partial charge in [0.25, 0.3) is 5.89 Å². The van der Waals surface area contributed by atoms with Crippen molar-refractivity contribution in [2.45, 2.75) is 43.7 Å². The number of rotatable bonds is 6. The lowest BCUT2D eigenvalue weighted by Crippen LogP contribution is -2.39. The zero-order valence-corrected chi connectivity index (χ0v) is 14.3. The highest BCUT2D eigenvalue weighted by Crippen LogP contribution is 2.21. The van der Waals surface area contributed by atoms with Gasteiger partial charge in [-0.3, -0.25) is 4.79 Å². The summed E-state index contributed by atoms with van der Waals surface area (Å²) in [6.45, 7) is 3.32. The van der Waals surface area contributed by atoms with Gasteiger partial charge in [0, 0.05) is 11.6 Å². The van der Waals surface area contributed by atoms with Gasteiger partial charge in [-0.15, -0.1) is 0 Å². The molecule has 0 saturated heterocycles. The maximum Gasteiger partial charge on any atom is 0.257 e. The molecule has 1 aromatic heterocycles. The molecule has 0 unspecified atom stereocenters. The van der Waals surface area contributed by atoms with Crippen LogP contribution in [0.25, 0.3) is 11.5 Å². The van der Waals surface area contributed by atoms with E-state index in [0.29, 0.717) is 0 Å². The van der Waals surface area contributed by atoms with E-state index in [1.165, 1.54) is 6.92 Å². The van der Waals surface area contributed by atoms with Crippen LogP contribution in [0.2, 0.25) is 0 Å². The van der Waals surface area contributed by atoms with Crippen LogP contribution in [0.5, 0.6) is 0 Å². The second-order valence-electron chi connectivity index (χ2n) is 6.12. The number of nitrogens with zero attached hydrogens (tertiary/aromatic N) is 2. The van der Waals surface area contributed by atoms with Crippen LogP contribution in [-0.2, 0) is 20.4 Å². The highest BCUT2D eigenvalue weighted by Gasteiger charge is 2.33. The van der Waals surface area contributed by atoms with Crippen LogP contribution in [0.1, 0.15) is 31.2 Å². The quantitative estimate of drug-likeness (QED) is 0.850. The number of aryl methyl sites for hydroxylation is 1. The van der Waals surface area contributed by atoms with Crippen LogP contribution in [-0.4, -0.2) is 35.8 Å². The Balaban J connectivity index is 1.72. The third-order valence-electron chi connectivity index (χ3n) is 3.90. The molecule has 0 bridgehead atoms. The predicted octanol–water partition coefficient (Wildman–Crippen LogP) is 1.63. The van der Waals surface area contributed by atoms with Crippen LogP contribution in [0.3, 0.4) is 0 Å². The Bertz CT molecular complexity index is 856. The molecular weight excluding hydrogens is 330 g/mol. The van der Waals surface area contributed by atoms with Crippen molar-refractivity contribution in [2.24, 2.45) is 0 Å². The third-order valence-corrected chi connectivity index (χ3v) is 5.85. The van der Waals surface area contributed by atoms with Gasteiger partial charge < -0.3 is 9.84 Å². The van der Waals surface area contributed by atoms with E-state index in [4.69, 9.17) is 4.52 Å². The van der Waals surface area contributed by atoms with E-state index in [9.17, 15) is 13.2 Å². The van der Waals surface area contributed by atoms with E-state index in [0.717, 1.165) is 24.0 Å². The van der Waals surface area contributed by atoms with Crippen LogP contribution < -0.4 is 5.32 Å². The average molecular weight is 349 g/mol. The van der Waals surface area contributed by atoms with Gasteiger partial charge in [0.1, 0.15) is 11.0 Å². The molecule has 1 saturated carbocycles. The first-order chi connectivity index (χ1) is 11.3. The molecule has 1 fully saturated rings. The van der Waals surface area contributed by atoms with Gasteiger partial charge in [0.15, 0.2) is 15.7 Å². The summed E-state index contributed by atoms with van der Waals surface area (Å²) >= 11 is 0. The molecule has 0 aliphatic heterocycles. The maximum absolute atomic E-state index is 12.4. The number of hydrogen-bond donors (Lipinski definition) is 1. The third kappa shape index (κ3) is 3.81. The lowest BCUT2D eigenvalue weighted by Gasteiger charge is -2.11. The van der Waals surface area contributed by atoms with Crippen molar-refractivity contribution in [1.29, 1.82) is 0 Å². The van der Waals surface area contributed by atoms with Gasteiger partial charge in [-0.25, -0.2) is 8.42 Å². The highest BCUT2D eigenvalue weighted by atomic mass is 32.2. The van der Waals surface area contributed by atoms with E-state index >= 15 is 0 Å². The summed E-state index contributed by atoms with van der Waals surface area (Å²) in [7, 11) is -3.70. The number of amides is 1. The zero-order chi connectivity index (χ0) is 17.3. The lowest BCUT2D eigenvalue weighted by atomic mass is 10.1. The summed E-state index contributed by atoms with van der Waals surface area (Å²) in [6, 6.07) is 7.59. The van der Waals surface area contributed by atoms with Crippen molar-refractivity contribution in [3.8, 4) is 11.5 Å². The van der Waals surface area contributed by atoms with E-state index in [2.05, 4.69) is 15.5 Å². The number of hydrogen-bond acceptors (Lipinski definition) is 6. The molecule has 0 radical (unpaired) electrons. The Morgan fingerprint density at radius 1 is 1.42 bits per heavy atom. The fraction of sp³-hybridized carbons (Fsp3) is 0.438. The van der Waals surface area contributed by atoms with Crippen molar-refractivity contribution >= 4 is 15.7 Å². The van der Waals surface area contributed by atoms with E-state index in [1.54, 1.807) is 0 Å². The van der Waals surface area contributed by atoms with Crippen molar-refractivity contribution in [3.63, 3.8) is 0 Å². The molecular formula is C16H19N3O4S. The summed E-state index contributed by atoms with van der Waals surface area (Å²) in [5, 5.41) is 5.29. The van der Waals surface area contributed by atoms with Gasteiger partial charge >= 0.3 is 0 Å². The predicted molar refractivity (Wildman–Crippen MR) is 87.7 cm³/mol. The SMILES string of the molecule is Cc1cccc(-c2nc(CS(=O)(=O)[C@@H](C)C(=O)NC3CC3)no2)c1. The van der Waals surface area contributed by atoms with Crippen molar-refractivity contribution in [1.82, 2.24) is 15.5 Å². The van der Waals surface area contributed by atoms with Gasteiger partial charge in [-0.2, -0.15) is 4.98 Å². The van der Waals surface area contributed by atoms with E-state index in [1.807, 2.05) is 31.2 Å². The summed E-state index contributed by atoms with van der Waals surface area (Å²) in [5.41, 5.74) is 1.76. The molecule has 0 spiro atoms. The van der Waals surface area contributed by atoms with Crippen LogP contribution in [0.15, 0.2) is 28.8 Å². The van der Waals surface area contributed by atoms with E-state index < -0.39 is 26.7 Å². The molecule has 2 aromatic rings. The summed E-state index contributed by atoms with van der Waals surface area (Å²) in [5.74, 6) is -0.585. The summed E-state index contributed by atoms with van der Waals surface area (Å²) in [4.78, 5) is 16.1. The Morgan fingerprint density at radius 3 is 2.83 bits per heavy atom. The maximum atomic E-state index is 12.4. The fourth-order valence-corrected chi connectivity index (χ4v) is 3.34. The van der Waals surface area contributed by atoms with Gasteiger partial charge in [0.05, 0.1) is 0 Å². The van der Waals surface area contributed by atoms with Gasteiger partial charge in [-0.1, -0.05) is 22.9 Å². The van der Waals surface area contributed by atoms with Gasteiger partial charge in [0.2, 0.25) is 5.91 Å².